The molecular weight excluding hydrogens is 336 g/mol. The molecule has 0 saturated heterocycles. The highest BCUT2D eigenvalue weighted by Gasteiger charge is 2.19. The Morgan fingerprint density at radius 1 is 1.16 bits per heavy atom. The van der Waals surface area contributed by atoms with Gasteiger partial charge in [-0.05, 0) is 50.0 Å². The molecule has 1 N–H and O–H groups in total. The summed E-state index contributed by atoms with van der Waals surface area (Å²) in [4.78, 5) is 18.1. The summed E-state index contributed by atoms with van der Waals surface area (Å²) in [5.74, 6) is 0.869. The van der Waals surface area contributed by atoms with Crippen molar-refractivity contribution in [1.29, 1.82) is 0 Å². The first-order valence-electron chi connectivity index (χ1n) is 8.13. The number of hydrogen-bond acceptors (Lipinski definition) is 3. The van der Waals surface area contributed by atoms with Gasteiger partial charge < -0.3 is 14.6 Å². The van der Waals surface area contributed by atoms with Crippen LogP contribution in [0.2, 0.25) is 5.02 Å². The molecule has 5 heteroatoms. The van der Waals surface area contributed by atoms with Crippen LogP contribution in [0.1, 0.15) is 16.9 Å². The Morgan fingerprint density at radius 2 is 1.88 bits per heavy atom. The number of aromatic amines is 1. The van der Waals surface area contributed by atoms with Crippen LogP contribution in [0, 0.1) is 0 Å². The van der Waals surface area contributed by atoms with Crippen LogP contribution in [0.3, 0.4) is 0 Å². The lowest BCUT2D eigenvalue weighted by atomic mass is 9.99. The number of methoxy groups -OCH3 is 1. The third kappa shape index (κ3) is 3.70. The van der Waals surface area contributed by atoms with Gasteiger partial charge in [0.05, 0.1) is 12.8 Å². The first kappa shape index (κ1) is 17.5. The van der Waals surface area contributed by atoms with E-state index in [1.807, 2.05) is 61.5 Å². The van der Waals surface area contributed by atoms with E-state index in [2.05, 4.69) is 4.98 Å². The SMILES string of the molecule is COc1ccc(-c2c(C(=O)CCN(C)C)[nH]c3ccc(Cl)cc23)cc1. The summed E-state index contributed by atoms with van der Waals surface area (Å²) in [6.45, 7) is 0.705. The molecule has 3 aromatic rings. The third-order valence-electron chi connectivity index (χ3n) is 4.20. The van der Waals surface area contributed by atoms with Gasteiger partial charge in [-0.15, -0.1) is 0 Å². The van der Waals surface area contributed by atoms with Gasteiger partial charge >= 0.3 is 0 Å². The van der Waals surface area contributed by atoms with Crippen LogP contribution in [0.4, 0.5) is 0 Å². The average Bonchev–Trinajstić information content (AvgIpc) is 2.98. The quantitative estimate of drug-likeness (QED) is 0.655. The van der Waals surface area contributed by atoms with Crippen molar-refractivity contribution in [3.63, 3.8) is 0 Å². The Morgan fingerprint density at radius 3 is 2.52 bits per heavy atom. The van der Waals surface area contributed by atoms with Gasteiger partial charge in [-0.1, -0.05) is 23.7 Å². The number of ketones is 1. The van der Waals surface area contributed by atoms with E-state index >= 15 is 0 Å². The molecule has 1 heterocycles. The van der Waals surface area contributed by atoms with Crippen molar-refractivity contribution in [3.05, 3.63) is 53.2 Å². The highest BCUT2D eigenvalue weighted by atomic mass is 35.5. The maximum absolute atomic E-state index is 12.8. The molecule has 3 rings (SSSR count). The third-order valence-corrected chi connectivity index (χ3v) is 4.44. The summed E-state index contributed by atoms with van der Waals surface area (Å²) < 4.78 is 5.23. The van der Waals surface area contributed by atoms with Crippen molar-refractivity contribution >= 4 is 28.3 Å². The van der Waals surface area contributed by atoms with Crippen LogP contribution in [0.15, 0.2) is 42.5 Å². The fourth-order valence-corrected chi connectivity index (χ4v) is 3.05. The lowest BCUT2D eigenvalue weighted by Crippen LogP contribution is -2.17. The zero-order chi connectivity index (χ0) is 18.0. The average molecular weight is 357 g/mol. The molecule has 0 spiro atoms. The summed E-state index contributed by atoms with van der Waals surface area (Å²) in [7, 11) is 5.56. The van der Waals surface area contributed by atoms with E-state index in [1.165, 1.54) is 0 Å². The van der Waals surface area contributed by atoms with E-state index in [4.69, 9.17) is 16.3 Å². The zero-order valence-corrected chi connectivity index (χ0v) is 15.4. The highest BCUT2D eigenvalue weighted by Crippen LogP contribution is 2.35. The maximum atomic E-state index is 12.8. The lowest BCUT2D eigenvalue weighted by molar-refractivity contribution is 0.0969. The molecular formula is C20H21ClN2O2. The van der Waals surface area contributed by atoms with Crippen LogP contribution < -0.4 is 4.74 Å². The van der Waals surface area contributed by atoms with Gasteiger partial charge in [0.25, 0.3) is 0 Å². The Bertz CT molecular complexity index is 898. The fourth-order valence-electron chi connectivity index (χ4n) is 2.88. The number of carbonyl (C=O) groups excluding carboxylic acids is 1. The summed E-state index contributed by atoms with van der Waals surface area (Å²) in [5.41, 5.74) is 3.39. The van der Waals surface area contributed by atoms with Crippen molar-refractivity contribution in [2.24, 2.45) is 0 Å². The number of H-pyrrole nitrogens is 1. The summed E-state index contributed by atoms with van der Waals surface area (Å²) in [6.07, 6.45) is 0.455. The number of fused-ring (bicyclic) bond motifs is 1. The number of nitrogens with zero attached hydrogens (tertiary/aromatic N) is 1. The Balaban J connectivity index is 2.13. The second kappa shape index (κ2) is 7.30. The lowest BCUT2D eigenvalue weighted by Gasteiger charge is -2.09. The minimum absolute atomic E-state index is 0.0897. The highest BCUT2D eigenvalue weighted by molar-refractivity contribution is 6.31. The predicted molar refractivity (Wildman–Crippen MR) is 103 cm³/mol. The van der Waals surface area contributed by atoms with Crippen LogP contribution in [-0.4, -0.2) is 43.4 Å². The number of nitrogens with one attached hydrogen (secondary N) is 1. The van der Waals surface area contributed by atoms with Crippen LogP contribution in [-0.2, 0) is 0 Å². The molecule has 25 heavy (non-hydrogen) atoms. The molecule has 0 amide bonds. The van der Waals surface area contributed by atoms with Gasteiger partial charge in [0, 0.05) is 34.5 Å². The summed E-state index contributed by atoms with van der Waals surface area (Å²) in [6, 6.07) is 13.4. The molecule has 0 bridgehead atoms. The molecule has 0 fully saturated rings. The number of hydrogen-bond donors (Lipinski definition) is 1. The van der Waals surface area contributed by atoms with Crippen LogP contribution in [0.5, 0.6) is 5.75 Å². The molecule has 4 nitrogen and oxygen atoms in total. The van der Waals surface area contributed by atoms with E-state index in [9.17, 15) is 4.79 Å². The standard InChI is InChI=1S/C20H21ClN2O2/c1-23(2)11-10-18(24)20-19(13-4-7-15(25-3)8-5-13)16-12-14(21)6-9-17(16)22-20/h4-9,12,22H,10-11H2,1-3H3. The van der Waals surface area contributed by atoms with Crippen LogP contribution in [0.25, 0.3) is 22.0 Å². The topological polar surface area (TPSA) is 45.3 Å². The van der Waals surface area contributed by atoms with Gasteiger partial charge in [-0.2, -0.15) is 0 Å². The Labute approximate surface area is 152 Å². The molecule has 0 aliphatic rings. The molecule has 1 aromatic heterocycles. The van der Waals surface area contributed by atoms with Gasteiger partial charge in [0.1, 0.15) is 5.75 Å². The minimum Gasteiger partial charge on any atom is -0.497 e. The molecule has 0 radical (unpaired) electrons. The number of halogens is 1. The number of benzene rings is 2. The molecule has 0 unspecified atom stereocenters. The normalized spacial score (nSPS) is 11.2. The smallest absolute Gasteiger partial charge is 0.180 e. The summed E-state index contributed by atoms with van der Waals surface area (Å²) >= 11 is 6.19. The van der Waals surface area contributed by atoms with Gasteiger partial charge in [0.15, 0.2) is 5.78 Å². The summed E-state index contributed by atoms with van der Waals surface area (Å²) in [5, 5.41) is 1.60. The van der Waals surface area contributed by atoms with Crippen molar-refractivity contribution in [1.82, 2.24) is 9.88 Å². The first-order chi connectivity index (χ1) is 12.0. The Kier molecular flexibility index (Phi) is 5.11. The predicted octanol–water partition coefficient (Wildman–Crippen LogP) is 4.63. The largest absolute Gasteiger partial charge is 0.497 e. The van der Waals surface area contributed by atoms with Crippen molar-refractivity contribution in [2.75, 3.05) is 27.7 Å². The molecule has 0 atom stereocenters. The van der Waals surface area contributed by atoms with Gasteiger partial charge in [-0.25, -0.2) is 0 Å². The zero-order valence-electron chi connectivity index (χ0n) is 14.6. The maximum Gasteiger partial charge on any atom is 0.180 e. The number of aromatic nitrogens is 1. The van der Waals surface area contributed by atoms with Gasteiger partial charge in [-0.3, -0.25) is 4.79 Å². The first-order valence-corrected chi connectivity index (χ1v) is 8.51. The number of ether oxygens (including phenoxy) is 1. The molecule has 0 saturated carbocycles. The van der Waals surface area contributed by atoms with Gasteiger partial charge in [0.2, 0.25) is 0 Å². The Hall–Kier alpha value is -2.30. The number of carbonyl (C=O) groups is 1. The van der Waals surface area contributed by atoms with Crippen molar-refractivity contribution in [2.45, 2.75) is 6.42 Å². The van der Waals surface area contributed by atoms with E-state index < -0.39 is 0 Å². The molecule has 0 aliphatic heterocycles. The van der Waals surface area contributed by atoms with E-state index in [0.29, 0.717) is 23.7 Å². The monoisotopic (exact) mass is 356 g/mol. The van der Waals surface area contributed by atoms with Crippen LogP contribution >= 0.6 is 11.6 Å². The number of rotatable bonds is 6. The van der Waals surface area contributed by atoms with Crippen molar-refractivity contribution in [3.8, 4) is 16.9 Å². The van der Waals surface area contributed by atoms with E-state index in [0.717, 1.165) is 27.8 Å². The fraction of sp³-hybridized carbons (Fsp3) is 0.250. The van der Waals surface area contributed by atoms with E-state index in [-0.39, 0.29) is 5.78 Å². The molecule has 0 aliphatic carbocycles. The van der Waals surface area contributed by atoms with E-state index in [1.54, 1.807) is 7.11 Å². The molecule has 2 aromatic carbocycles. The number of Topliss-reactive ketones (excluding diaryl/α,β-unsaturated/α-hetero) is 1. The second-order valence-electron chi connectivity index (χ2n) is 6.27. The minimum atomic E-state index is 0.0897. The van der Waals surface area contributed by atoms with Crippen molar-refractivity contribution < 1.29 is 9.53 Å². The molecule has 130 valence electrons. The second-order valence-corrected chi connectivity index (χ2v) is 6.71.